The van der Waals surface area contributed by atoms with Crippen LogP contribution in [0.1, 0.15) is 35.6 Å². The maximum atomic E-state index is 15.0. The lowest BCUT2D eigenvalue weighted by Gasteiger charge is -2.27. The summed E-state index contributed by atoms with van der Waals surface area (Å²) in [5, 5.41) is 5.27. The van der Waals surface area contributed by atoms with E-state index in [1.807, 2.05) is 0 Å². The Labute approximate surface area is 207 Å². The number of anilines is 1. The van der Waals surface area contributed by atoms with E-state index in [1.165, 1.54) is 59.0 Å². The molecule has 1 saturated heterocycles. The summed E-state index contributed by atoms with van der Waals surface area (Å²) in [6.07, 6.45) is 3.11. The van der Waals surface area contributed by atoms with Gasteiger partial charge in [0, 0.05) is 24.4 Å². The Hall–Kier alpha value is -4.12. The lowest BCUT2D eigenvalue weighted by Crippen LogP contribution is -2.33. The van der Waals surface area contributed by atoms with Gasteiger partial charge in [-0.3, -0.25) is 14.2 Å². The van der Waals surface area contributed by atoms with Crippen molar-refractivity contribution < 1.29 is 13.6 Å². The SMILES string of the molecule is CC(=O)c1c[nH]c2ncnc(N3CC(F)CC3c3nn4ccc(Cl)c4c(=O)n3-c3cccc(F)c3)c12. The number of H-pyrrole nitrogens is 1. The molecule has 4 aromatic heterocycles. The van der Waals surface area contributed by atoms with Crippen LogP contribution in [0, 0.1) is 5.82 Å². The van der Waals surface area contributed by atoms with E-state index in [4.69, 9.17) is 11.6 Å². The minimum atomic E-state index is -1.28. The summed E-state index contributed by atoms with van der Waals surface area (Å²) in [4.78, 5) is 39.2. The number of halogens is 3. The zero-order valence-corrected chi connectivity index (χ0v) is 19.6. The van der Waals surface area contributed by atoms with E-state index in [-0.39, 0.29) is 40.8 Å². The largest absolute Gasteiger partial charge is 0.345 e. The molecule has 1 aromatic carbocycles. The molecule has 2 atom stereocenters. The number of hydrogen-bond donors (Lipinski definition) is 1. The fraction of sp³-hybridized carbons (Fsp3) is 0.208. The highest BCUT2D eigenvalue weighted by Crippen LogP contribution is 2.39. The summed E-state index contributed by atoms with van der Waals surface area (Å²) in [5.41, 5.74) is 0.601. The Balaban J connectivity index is 1.62. The van der Waals surface area contributed by atoms with Gasteiger partial charge < -0.3 is 9.88 Å². The molecule has 0 saturated carbocycles. The van der Waals surface area contributed by atoms with Gasteiger partial charge in [-0.15, -0.1) is 0 Å². The zero-order valence-electron chi connectivity index (χ0n) is 18.8. The average Bonchev–Trinajstić information content (AvgIpc) is 3.55. The third-order valence-corrected chi connectivity index (χ3v) is 6.68. The van der Waals surface area contributed by atoms with Gasteiger partial charge in [0.2, 0.25) is 0 Å². The molecule has 0 bridgehead atoms. The van der Waals surface area contributed by atoms with Crippen LogP contribution in [-0.4, -0.2) is 47.6 Å². The van der Waals surface area contributed by atoms with Gasteiger partial charge in [0.15, 0.2) is 11.6 Å². The molecule has 1 N–H and O–H groups in total. The third kappa shape index (κ3) is 3.38. The Bertz CT molecular complexity index is 1730. The Morgan fingerprint density at radius 3 is 2.86 bits per heavy atom. The zero-order chi connectivity index (χ0) is 25.1. The average molecular weight is 510 g/mol. The third-order valence-electron chi connectivity index (χ3n) is 6.38. The molecule has 0 aliphatic carbocycles. The second kappa shape index (κ2) is 8.23. The first-order chi connectivity index (χ1) is 17.3. The minimum Gasteiger partial charge on any atom is -0.345 e. The predicted octanol–water partition coefficient (Wildman–Crippen LogP) is 4.04. The van der Waals surface area contributed by atoms with E-state index in [0.717, 1.165) is 0 Å². The molecule has 1 aliphatic rings. The monoisotopic (exact) mass is 509 g/mol. The van der Waals surface area contributed by atoms with Crippen molar-refractivity contribution in [2.75, 3.05) is 11.4 Å². The number of benzene rings is 1. The number of aromatic amines is 1. The van der Waals surface area contributed by atoms with E-state index < -0.39 is 23.6 Å². The molecule has 6 rings (SSSR count). The summed E-state index contributed by atoms with van der Waals surface area (Å²) in [6, 6.07) is 6.27. The van der Waals surface area contributed by atoms with Gasteiger partial charge in [0.1, 0.15) is 35.3 Å². The fourth-order valence-corrected chi connectivity index (χ4v) is 5.06. The van der Waals surface area contributed by atoms with Crippen molar-refractivity contribution in [1.29, 1.82) is 0 Å². The quantitative estimate of drug-likeness (QED) is 0.367. The van der Waals surface area contributed by atoms with Crippen molar-refractivity contribution in [3.8, 4) is 5.69 Å². The number of fused-ring (bicyclic) bond motifs is 2. The Morgan fingerprint density at radius 2 is 2.08 bits per heavy atom. The van der Waals surface area contributed by atoms with Crippen LogP contribution in [0.5, 0.6) is 0 Å². The van der Waals surface area contributed by atoms with Gasteiger partial charge in [0.25, 0.3) is 5.56 Å². The van der Waals surface area contributed by atoms with Crippen LogP contribution < -0.4 is 10.5 Å². The van der Waals surface area contributed by atoms with E-state index in [9.17, 15) is 14.0 Å². The highest BCUT2D eigenvalue weighted by molar-refractivity contribution is 6.33. The number of hydrogen-bond acceptors (Lipinski definition) is 6. The normalized spacial score (nSPS) is 17.9. The van der Waals surface area contributed by atoms with Crippen LogP contribution in [0.3, 0.4) is 0 Å². The summed E-state index contributed by atoms with van der Waals surface area (Å²) >= 11 is 6.26. The topological polar surface area (TPSA) is 101 Å². The standard InChI is InChI=1S/C24H18ClF2N7O2/c1-12(35)16-9-28-21-19(16)23(30-11-29-21)32-10-14(27)8-18(32)22-31-33-6-5-17(25)20(33)24(36)34(22)15-4-2-3-13(26)7-15/h2-7,9,11,14,18H,8,10H2,1H3,(H,28,29,30). The van der Waals surface area contributed by atoms with E-state index in [1.54, 1.807) is 11.0 Å². The van der Waals surface area contributed by atoms with Crippen LogP contribution >= 0.6 is 11.6 Å². The van der Waals surface area contributed by atoms with Crippen LogP contribution in [0.4, 0.5) is 14.6 Å². The van der Waals surface area contributed by atoms with E-state index >= 15 is 4.39 Å². The number of ketones is 1. The number of carbonyl (C=O) groups excluding carboxylic acids is 1. The van der Waals surface area contributed by atoms with Crippen molar-refractivity contribution in [3.63, 3.8) is 0 Å². The van der Waals surface area contributed by atoms with Crippen LogP contribution in [-0.2, 0) is 0 Å². The molecule has 1 aliphatic heterocycles. The first-order valence-corrected chi connectivity index (χ1v) is 11.5. The number of aromatic nitrogens is 6. The van der Waals surface area contributed by atoms with Crippen molar-refractivity contribution in [1.82, 2.24) is 29.1 Å². The summed E-state index contributed by atoms with van der Waals surface area (Å²) in [5.74, 6) is -0.239. The van der Waals surface area contributed by atoms with Crippen molar-refractivity contribution in [3.05, 3.63) is 81.6 Å². The molecule has 1 fully saturated rings. The first-order valence-electron chi connectivity index (χ1n) is 11.1. The van der Waals surface area contributed by atoms with Gasteiger partial charge in [-0.25, -0.2) is 23.3 Å². The second-order valence-corrected chi connectivity index (χ2v) is 9.02. The summed E-state index contributed by atoms with van der Waals surface area (Å²) in [7, 11) is 0. The van der Waals surface area contributed by atoms with Crippen LogP contribution in [0.15, 0.2) is 53.8 Å². The number of alkyl halides is 1. The molecule has 12 heteroatoms. The Kier molecular flexibility index (Phi) is 5.11. The molecule has 0 radical (unpaired) electrons. The molecule has 182 valence electrons. The fourth-order valence-electron chi connectivity index (χ4n) is 4.83. The Morgan fingerprint density at radius 1 is 1.25 bits per heavy atom. The summed E-state index contributed by atoms with van der Waals surface area (Å²) < 4.78 is 31.8. The van der Waals surface area contributed by atoms with Gasteiger partial charge in [-0.2, -0.15) is 5.10 Å². The van der Waals surface area contributed by atoms with Gasteiger partial charge in [-0.1, -0.05) is 17.7 Å². The van der Waals surface area contributed by atoms with Crippen molar-refractivity contribution >= 4 is 39.8 Å². The van der Waals surface area contributed by atoms with Gasteiger partial charge in [0.05, 0.1) is 28.7 Å². The number of Topliss-reactive ketones (excluding diaryl/α,β-unsaturated/α-hetero) is 1. The molecular formula is C24H18ClF2N7O2. The van der Waals surface area contributed by atoms with E-state index in [2.05, 4.69) is 20.1 Å². The predicted molar refractivity (Wildman–Crippen MR) is 129 cm³/mol. The van der Waals surface area contributed by atoms with Crippen molar-refractivity contribution in [2.45, 2.75) is 25.6 Å². The maximum Gasteiger partial charge on any atom is 0.284 e. The molecule has 0 amide bonds. The maximum absolute atomic E-state index is 15.0. The molecule has 9 nitrogen and oxygen atoms in total. The number of carbonyl (C=O) groups is 1. The number of nitrogens with zero attached hydrogens (tertiary/aromatic N) is 6. The first kappa shape index (κ1) is 22.4. The molecule has 36 heavy (non-hydrogen) atoms. The molecule has 2 unspecified atom stereocenters. The lowest BCUT2D eigenvalue weighted by atomic mass is 10.1. The molecular weight excluding hydrogens is 492 g/mol. The number of nitrogens with one attached hydrogen (secondary N) is 1. The van der Waals surface area contributed by atoms with Crippen molar-refractivity contribution in [2.24, 2.45) is 0 Å². The molecule has 5 heterocycles. The highest BCUT2D eigenvalue weighted by Gasteiger charge is 2.39. The second-order valence-electron chi connectivity index (χ2n) is 8.62. The summed E-state index contributed by atoms with van der Waals surface area (Å²) in [6.45, 7) is 1.37. The van der Waals surface area contributed by atoms with Crippen LogP contribution in [0.25, 0.3) is 22.2 Å². The molecule has 5 aromatic rings. The minimum absolute atomic E-state index is 0.00636. The molecule has 0 spiro atoms. The smallest absolute Gasteiger partial charge is 0.284 e. The lowest BCUT2D eigenvalue weighted by molar-refractivity contribution is 0.101. The van der Waals surface area contributed by atoms with Gasteiger partial charge in [-0.05, 0) is 31.2 Å². The van der Waals surface area contributed by atoms with Gasteiger partial charge >= 0.3 is 0 Å². The number of rotatable bonds is 4. The van der Waals surface area contributed by atoms with E-state index in [0.29, 0.717) is 22.4 Å². The highest BCUT2D eigenvalue weighted by atomic mass is 35.5. The van der Waals surface area contributed by atoms with Crippen LogP contribution in [0.2, 0.25) is 5.02 Å².